The molecular weight excluding hydrogens is 383 g/mol. The van der Waals surface area contributed by atoms with Crippen LogP contribution in [0, 0.1) is 11.7 Å². The van der Waals surface area contributed by atoms with Crippen LogP contribution in [0.1, 0.15) is 29.9 Å². The van der Waals surface area contributed by atoms with Crippen LogP contribution in [0.3, 0.4) is 0 Å². The van der Waals surface area contributed by atoms with Gasteiger partial charge in [-0.15, -0.1) is 0 Å². The summed E-state index contributed by atoms with van der Waals surface area (Å²) in [5.41, 5.74) is 1.74. The van der Waals surface area contributed by atoms with Crippen molar-refractivity contribution in [1.82, 2.24) is 9.80 Å². The summed E-state index contributed by atoms with van der Waals surface area (Å²) in [6.45, 7) is 2.22. The molecule has 2 aromatic rings. The zero-order valence-electron chi connectivity index (χ0n) is 17.2. The Labute approximate surface area is 176 Å². The normalized spacial score (nSPS) is 20.7. The summed E-state index contributed by atoms with van der Waals surface area (Å²) in [6, 6.07) is 14.5. The Hall–Kier alpha value is -2.89. The SMILES string of the molecule is COc1ccc(CCC(=O)N2CCN(C(=O)C3CC3c3ccccc3F)CC2)cc1. The Morgan fingerprint density at radius 3 is 2.33 bits per heavy atom. The van der Waals surface area contributed by atoms with Gasteiger partial charge >= 0.3 is 0 Å². The van der Waals surface area contributed by atoms with Crippen molar-refractivity contribution in [2.75, 3.05) is 33.3 Å². The number of aryl methyl sites for hydroxylation is 1. The van der Waals surface area contributed by atoms with Crippen LogP contribution in [-0.4, -0.2) is 54.9 Å². The van der Waals surface area contributed by atoms with E-state index in [1.165, 1.54) is 6.07 Å². The van der Waals surface area contributed by atoms with Crippen molar-refractivity contribution in [1.29, 1.82) is 0 Å². The smallest absolute Gasteiger partial charge is 0.226 e. The van der Waals surface area contributed by atoms with Crippen LogP contribution in [0.2, 0.25) is 0 Å². The van der Waals surface area contributed by atoms with Gasteiger partial charge in [-0.2, -0.15) is 0 Å². The Morgan fingerprint density at radius 2 is 1.67 bits per heavy atom. The number of carbonyl (C=O) groups excluding carboxylic acids is 2. The lowest BCUT2D eigenvalue weighted by molar-refractivity contribution is -0.140. The summed E-state index contributed by atoms with van der Waals surface area (Å²) in [5.74, 6) is 0.646. The van der Waals surface area contributed by atoms with Gasteiger partial charge in [-0.05, 0) is 48.1 Å². The molecule has 2 unspecified atom stereocenters. The van der Waals surface area contributed by atoms with E-state index >= 15 is 0 Å². The van der Waals surface area contributed by atoms with Gasteiger partial charge in [0.25, 0.3) is 0 Å². The molecule has 1 aliphatic heterocycles. The topological polar surface area (TPSA) is 49.9 Å². The second kappa shape index (κ2) is 8.86. The van der Waals surface area contributed by atoms with E-state index in [1.54, 1.807) is 19.2 Å². The molecule has 0 radical (unpaired) electrons. The van der Waals surface area contributed by atoms with Gasteiger partial charge in [0.2, 0.25) is 11.8 Å². The third-order valence-corrected chi connectivity index (χ3v) is 6.14. The standard InChI is InChI=1S/C24H27FN2O3/c1-30-18-9-6-17(7-10-18)8-11-23(28)26-12-14-27(15-13-26)24(29)21-16-20(21)19-4-2-3-5-22(19)25/h2-7,9-10,20-21H,8,11-16H2,1H3. The highest BCUT2D eigenvalue weighted by molar-refractivity contribution is 5.83. The van der Waals surface area contributed by atoms with Gasteiger partial charge in [0.15, 0.2) is 0 Å². The fourth-order valence-corrected chi connectivity index (χ4v) is 4.20. The minimum atomic E-state index is -0.231. The minimum absolute atomic E-state index is 0.0112. The molecule has 1 saturated heterocycles. The van der Waals surface area contributed by atoms with E-state index in [2.05, 4.69) is 0 Å². The average Bonchev–Trinajstić information content (AvgIpc) is 3.58. The summed E-state index contributed by atoms with van der Waals surface area (Å²) in [7, 11) is 1.63. The fourth-order valence-electron chi connectivity index (χ4n) is 4.20. The van der Waals surface area contributed by atoms with E-state index in [-0.39, 0.29) is 29.5 Å². The van der Waals surface area contributed by atoms with Crippen LogP contribution in [0.25, 0.3) is 0 Å². The second-order valence-electron chi connectivity index (χ2n) is 8.02. The quantitative estimate of drug-likeness (QED) is 0.735. The summed E-state index contributed by atoms with van der Waals surface area (Å²) >= 11 is 0. The summed E-state index contributed by atoms with van der Waals surface area (Å²) in [5, 5.41) is 0. The van der Waals surface area contributed by atoms with E-state index in [4.69, 9.17) is 4.74 Å². The van der Waals surface area contributed by atoms with Crippen LogP contribution >= 0.6 is 0 Å². The minimum Gasteiger partial charge on any atom is -0.497 e. The van der Waals surface area contributed by atoms with Crippen molar-refractivity contribution in [3.8, 4) is 5.75 Å². The number of piperazine rings is 1. The number of carbonyl (C=O) groups is 2. The monoisotopic (exact) mass is 410 g/mol. The number of hydrogen-bond acceptors (Lipinski definition) is 3. The van der Waals surface area contributed by atoms with Gasteiger partial charge in [0.05, 0.1) is 7.11 Å². The lowest BCUT2D eigenvalue weighted by atomic mass is 10.1. The van der Waals surface area contributed by atoms with Crippen molar-refractivity contribution < 1.29 is 18.7 Å². The number of ether oxygens (including phenoxy) is 1. The Balaban J connectivity index is 1.23. The predicted octanol–water partition coefficient (Wildman–Crippen LogP) is 3.24. The lowest BCUT2D eigenvalue weighted by Crippen LogP contribution is -2.51. The lowest BCUT2D eigenvalue weighted by Gasteiger charge is -2.35. The van der Waals surface area contributed by atoms with Crippen molar-refractivity contribution in [3.63, 3.8) is 0 Å². The van der Waals surface area contributed by atoms with E-state index in [9.17, 15) is 14.0 Å². The van der Waals surface area contributed by atoms with Crippen molar-refractivity contribution >= 4 is 11.8 Å². The van der Waals surface area contributed by atoms with Crippen molar-refractivity contribution in [2.24, 2.45) is 5.92 Å². The summed E-state index contributed by atoms with van der Waals surface area (Å²) in [4.78, 5) is 29.0. The number of hydrogen-bond donors (Lipinski definition) is 0. The number of nitrogens with zero attached hydrogens (tertiary/aromatic N) is 2. The van der Waals surface area contributed by atoms with Crippen molar-refractivity contribution in [3.05, 3.63) is 65.5 Å². The molecule has 2 aliphatic rings. The molecule has 158 valence electrons. The van der Waals surface area contributed by atoms with E-state index in [0.717, 1.165) is 11.3 Å². The number of methoxy groups -OCH3 is 1. The predicted molar refractivity (Wildman–Crippen MR) is 112 cm³/mol. The third-order valence-electron chi connectivity index (χ3n) is 6.14. The molecule has 1 saturated carbocycles. The van der Waals surface area contributed by atoms with E-state index in [0.29, 0.717) is 51.0 Å². The average molecular weight is 410 g/mol. The highest BCUT2D eigenvalue weighted by Gasteiger charge is 2.47. The highest BCUT2D eigenvalue weighted by atomic mass is 19.1. The van der Waals surface area contributed by atoms with Crippen molar-refractivity contribution in [2.45, 2.75) is 25.2 Å². The van der Waals surface area contributed by atoms with Gasteiger partial charge < -0.3 is 14.5 Å². The molecule has 2 fully saturated rings. The van der Waals surface area contributed by atoms with Gasteiger partial charge in [-0.1, -0.05) is 30.3 Å². The Morgan fingerprint density at radius 1 is 1.00 bits per heavy atom. The summed E-state index contributed by atoms with van der Waals surface area (Å²) < 4.78 is 19.1. The first kappa shape index (κ1) is 20.4. The first-order valence-electron chi connectivity index (χ1n) is 10.5. The van der Waals surface area contributed by atoms with Gasteiger partial charge in [0.1, 0.15) is 11.6 Å². The molecule has 2 aromatic carbocycles. The van der Waals surface area contributed by atoms with Gasteiger partial charge in [-0.25, -0.2) is 4.39 Å². The molecule has 2 amide bonds. The highest BCUT2D eigenvalue weighted by Crippen LogP contribution is 2.49. The molecule has 4 rings (SSSR count). The molecular formula is C24H27FN2O3. The number of benzene rings is 2. The van der Waals surface area contributed by atoms with Crippen LogP contribution in [0.4, 0.5) is 4.39 Å². The van der Waals surface area contributed by atoms with Crippen LogP contribution in [0.5, 0.6) is 5.75 Å². The first-order valence-corrected chi connectivity index (χ1v) is 10.5. The number of halogens is 1. The molecule has 0 aromatic heterocycles. The molecule has 6 heteroatoms. The molecule has 30 heavy (non-hydrogen) atoms. The maximum absolute atomic E-state index is 14.0. The van der Waals surface area contributed by atoms with E-state index in [1.807, 2.05) is 40.1 Å². The summed E-state index contributed by atoms with van der Waals surface area (Å²) in [6.07, 6.45) is 1.85. The Kier molecular flexibility index (Phi) is 6.02. The number of amides is 2. The molecule has 0 spiro atoms. The third kappa shape index (κ3) is 4.48. The zero-order chi connectivity index (χ0) is 21.1. The largest absolute Gasteiger partial charge is 0.497 e. The molecule has 1 aliphatic carbocycles. The van der Waals surface area contributed by atoms with Crippen LogP contribution < -0.4 is 4.74 Å². The fraction of sp³-hybridized carbons (Fsp3) is 0.417. The molecule has 2 atom stereocenters. The second-order valence-corrected chi connectivity index (χ2v) is 8.02. The molecule has 5 nitrogen and oxygen atoms in total. The zero-order valence-corrected chi connectivity index (χ0v) is 17.2. The first-order chi connectivity index (χ1) is 14.6. The van der Waals surface area contributed by atoms with Gasteiger partial charge in [0, 0.05) is 38.5 Å². The maximum atomic E-state index is 14.0. The molecule has 1 heterocycles. The maximum Gasteiger partial charge on any atom is 0.226 e. The Bertz CT molecular complexity index is 907. The van der Waals surface area contributed by atoms with Crippen LogP contribution in [0.15, 0.2) is 48.5 Å². The van der Waals surface area contributed by atoms with Gasteiger partial charge in [-0.3, -0.25) is 9.59 Å². The number of rotatable bonds is 6. The van der Waals surface area contributed by atoms with Crippen LogP contribution in [-0.2, 0) is 16.0 Å². The van der Waals surface area contributed by atoms with E-state index < -0.39 is 0 Å². The molecule has 0 N–H and O–H groups in total. The molecule has 0 bridgehead atoms.